The maximum Gasteiger partial charge on any atom is 0.135 e. The van der Waals surface area contributed by atoms with E-state index in [2.05, 4.69) is 4.98 Å². The number of aliphatic hydroxyl groups is 1. The minimum Gasteiger partial charge on any atom is -0.392 e. The zero-order chi connectivity index (χ0) is 12.4. The summed E-state index contributed by atoms with van der Waals surface area (Å²) in [6.07, 6.45) is 0. The Morgan fingerprint density at radius 3 is 2.47 bits per heavy atom. The molecule has 0 amide bonds. The first kappa shape index (κ1) is 12.7. The molecule has 5 heteroatoms. The Hall–Kier alpha value is -0.800. The summed E-state index contributed by atoms with van der Waals surface area (Å²) in [6, 6.07) is 8.76. The molecule has 0 radical (unpaired) electrons. The van der Waals surface area contributed by atoms with Gasteiger partial charge in [0.05, 0.1) is 22.3 Å². The van der Waals surface area contributed by atoms with Crippen LogP contribution >= 0.6 is 34.8 Å². The van der Waals surface area contributed by atoms with E-state index in [-0.39, 0.29) is 11.8 Å². The van der Waals surface area contributed by atoms with Crippen LogP contribution in [0.25, 0.3) is 11.3 Å². The van der Waals surface area contributed by atoms with Gasteiger partial charge in [-0.15, -0.1) is 0 Å². The monoisotopic (exact) mass is 287 g/mol. The second kappa shape index (κ2) is 5.23. The number of pyridine rings is 1. The van der Waals surface area contributed by atoms with Crippen LogP contribution in [0, 0.1) is 0 Å². The molecule has 1 N–H and O–H groups in total. The highest BCUT2D eigenvalue weighted by Gasteiger charge is 2.10. The Morgan fingerprint density at radius 1 is 1.06 bits per heavy atom. The van der Waals surface area contributed by atoms with E-state index in [1.807, 2.05) is 6.07 Å². The summed E-state index contributed by atoms with van der Waals surface area (Å²) in [5, 5.41) is 10.2. The van der Waals surface area contributed by atoms with E-state index in [1.165, 1.54) is 0 Å². The maximum atomic E-state index is 9.01. The van der Waals surface area contributed by atoms with E-state index < -0.39 is 0 Å². The molecule has 2 rings (SSSR count). The molecule has 0 spiro atoms. The van der Waals surface area contributed by atoms with Gasteiger partial charge in [-0.3, -0.25) is 0 Å². The lowest BCUT2D eigenvalue weighted by atomic mass is 10.1. The van der Waals surface area contributed by atoms with Crippen LogP contribution in [-0.4, -0.2) is 10.1 Å². The molecule has 0 aliphatic carbocycles. The summed E-state index contributed by atoms with van der Waals surface area (Å²) < 4.78 is 0. The second-order valence-corrected chi connectivity index (χ2v) is 4.55. The van der Waals surface area contributed by atoms with Crippen LogP contribution in [0.3, 0.4) is 0 Å². The van der Waals surface area contributed by atoms with Crippen molar-refractivity contribution in [2.75, 3.05) is 0 Å². The molecule has 0 saturated heterocycles. The first-order chi connectivity index (χ1) is 8.13. The van der Waals surface area contributed by atoms with E-state index >= 15 is 0 Å². The van der Waals surface area contributed by atoms with Crippen LogP contribution in [0.1, 0.15) is 5.56 Å². The molecule has 0 aliphatic heterocycles. The number of hydrogen-bond acceptors (Lipinski definition) is 2. The Kier molecular flexibility index (Phi) is 3.89. The van der Waals surface area contributed by atoms with E-state index in [0.717, 1.165) is 0 Å². The van der Waals surface area contributed by atoms with Crippen molar-refractivity contribution in [1.29, 1.82) is 0 Å². The molecule has 88 valence electrons. The first-order valence-corrected chi connectivity index (χ1v) is 5.97. The Labute approximate surface area is 114 Å². The first-order valence-electron chi connectivity index (χ1n) is 4.84. The number of nitrogens with zero attached hydrogens (tertiary/aromatic N) is 1. The van der Waals surface area contributed by atoms with Gasteiger partial charge in [-0.05, 0) is 12.1 Å². The van der Waals surface area contributed by atoms with Crippen molar-refractivity contribution < 1.29 is 5.11 Å². The zero-order valence-electron chi connectivity index (χ0n) is 8.62. The third kappa shape index (κ3) is 2.55. The Balaban J connectivity index is 2.54. The lowest BCUT2D eigenvalue weighted by Gasteiger charge is -2.07. The van der Waals surface area contributed by atoms with Crippen LogP contribution in [0.2, 0.25) is 15.2 Å². The summed E-state index contributed by atoms with van der Waals surface area (Å²) in [7, 11) is 0. The highest BCUT2D eigenvalue weighted by Crippen LogP contribution is 2.33. The van der Waals surface area contributed by atoms with E-state index in [4.69, 9.17) is 39.9 Å². The standard InChI is InChI=1S/C12H8Cl3NO/c13-9-3-1-2-8(11(9)14)10-5-4-7(6-17)12(15)16-10/h1-5,17H,6H2. The lowest BCUT2D eigenvalue weighted by molar-refractivity contribution is 0.281. The van der Waals surface area contributed by atoms with Crippen molar-refractivity contribution in [1.82, 2.24) is 4.98 Å². The van der Waals surface area contributed by atoms with Crippen molar-refractivity contribution in [2.45, 2.75) is 6.61 Å². The quantitative estimate of drug-likeness (QED) is 0.840. The Morgan fingerprint density at radius 2 is 1.82 bits per heavy atom. The van der Waals surface area contributed by atoms with Gasteiger partial charge in [-0.2, -0.15) is 0 Å². The topological polar surface area (TPSA) is 33.1 Å². The van der Waals surface area contributed by atoms with Crippen molar-refractivity contribution in [3.8, 4) is 11.3 Å². The van der Waals surface area contributed by atoms with Gasteiger partial charge in [0.25, 0.3) is 0 Å². The molecule has 0 saturated carbocycles. The maximum absolute atomic E-state index is 9.01. The normalized spacial score (nSPS) is 10.6. The lowest BCUT2D eigenvalue weighted by Crippen LogP contribution is -1.91. The number of rotatable bonds is 2. The highest BCUT2D eigenvalue weighted by atomic mass is 35.5. The second-order valence-electron chi connectivity index (χ2n) is 3.41. The van der Waals surface area contributed by atoms with Gasteiger partial charge in [-0.1, -0.05) is 53.0 Å². The molecular formula is C12H8Cl3NO. The van der Waals surface area contributed by atoms with Gasteiger partial charge >= 0.3 is 0 Å². The van der Waals surface area contributed by atoms with Gasteiger partial charge in [0.2, 0.25) is 0 Å². The summed E-state index contributed by atoms with van der Waals surface area (Å²) in [4.78, 5) is 4.18. The third-order valence-electron chi connectivity index (χ3n) is 2.32. The SMILES string of the molecule is OCc1ccc(-c2cccc(Cl)c2Cl)nc1Cl. The van der Waals surface area contributed by atoms with Crippen LogP contribution in [-0.2, 0) is 6.61 Å². The molecule has 2 nitrogen and oxygen atoms in total. The Bertz CT molecular complexity index is 557. The predicted molar refractivity (Wildman–Crippen MR) is 70.6 cm³/mol. The van der Waals surface area contributed by atoms with Gasteiger partial charge in [0.15, 0.2) is 0 Å². The fourth-order valence-corrected chi connectivity index (χ4v) is 2.04. The van der Waals surface area contributed by atoms with Gasteiger partial charge < -0.3 is 5.11 Å². The summed E-state index contributed by atoms with van der Waals surface area (Å²) in [6.45, 7) is -0.143. The molecule has 0 fully saturated rings. The number of aromatic nitrogens is 1. The minimum absolute atomic E-state index is 0.143. The van der Waals surface area contributed by atoms with Crippen LogP contribution < -0.4 is 0 Å². The average Bonchev–Trinajstić information content (AvgIpc) is 2.32. The van der Waals surface area contributed by atoms with Crippen LogP contribution in [0.4, 0.5) is 0 Å². The molecule has 0 aliphatic rings. The van der Waals surface area contributed by atoms with E-state index in [0.29, 0.717) is 26.9 Å². The number of aliphatic hydroxyl groups excluding tert-OH is 1. The average molecular weight is 289 g/mol. The zero-order valence-corrected chi connectivity index (χ0v) is 10.9. The van der Waals surface area contributed by atoms with Crippen molar-refractivity contribution in [3.63, 3.8) is 0 Å². The van der Waals surface area contributed by atoms with Crippen molar-refractivity contribution >= 4 is 34.8 Å². The van der Waals surface area contributed by atoms with E-state index in [1.54, 1.807) is 24.3 Å². The predicted octanol–water partition coefficient (Wildman–Crippen LogP) is 4.20. The third-order valence-corrected chi connectivity index (χ3v) is 3.47. The molecular weight excluding hydrogens is 280 g/mol. The molecule has 17 heavy (non-hydrogen) atoms. The number of benzene rings is 1. The van der Waals surface area contributed by atoms with E-state index in [9.17, 15) is 0 Å². The van der Waals surface area contributed by atoms with Crippen molar-refractivity contribution in [3.05, 3.63) is 51.1 Å². The molecule has 1 aromatic heterocycles. The molecule has 1 heterocycles. The smallest absolute Gasteiger partial charge is 0.135 e. The fraction of sp³-hybridized carbons (Fsp3) is 0.0833. The molecule has 0 bridgehead atoms. The number of halogens is 3. The minimum atomic E-state index is -0.143. The summed E-state index contributed by atoms with van der Waals surface area (Å²) in [5.41, 5.74) is 1.92. The number of hydrogen-bond donors (Lipinski definition) is 1. The summed E-state index contributed by atoms with van der Waals surface area (Å²) in [5.74, 6) is 0. The highest BCUT2D eigenvalue weighted by molar-refractivity contribution is 6.43. The van der Waals surface area contributed by atoms with Crippen LogP contribution in [0.15, 0.2) is 30.3 Å². The molecule has 0 atom stereocenters. The summed E-state index contributed by atoms with van der Waals surface area (Å²) >= 11 is 17.9. The molecule has 0 unspecified atom stereocenters. The van der Waals surface area contributed by atoms with Gasteiger partial charge in [0, 0.05) is 11.1 Å². The van der Waals surface area contributed by atoms with Crippen molar-refractivity contribution in [2.24, 2.45) is 0 Å². The molecule has 1 aromatic carbocycles. The van der Waals surface area contributed by atoms with Gasteiger partial charge in [-0.25, -0.2) is 4.98 Å². The largest absolute Gasteiger partial charge is 0.392 e. The van der Waals surface area contributed by atoms with Crippen LogP contribution in [0.5, 0.6) is 0 Å². The molecule has 2 aromatic rings. The fourth-order valence-electron chi connectivity index (χ4n) is 1.43. The van der Waals surface area contributed by atoms with Gasteiger partial charge in [0.1, 0.15) is 5.15 Å².